The minimum Gasteiger partial charge on any atom is -0.325 e. The van der Waals surface area contributed by atoms with Gasteiger partial charge in [0.05, 0.1) is 6.54 Å². The summed E-state index contributed by atoms with van der Waals surface area (Å²) in [7, 11) is -0.731. The first kappa shape index (κ1) is 17.9. The molecule has 0 aliphatic rings. The van der Waals surface area contributed by atoms with Gasteiger partial charge in [0.15, 0.2) is 0 Å². The van der Waals surface area contributed by atoms with E-state index in [1.54, 1.807) is 24.3 Å². The molecule has 1 amide bonds. The molecule has 21 heavy (non-hydrogen) atoms. The maximum atomic E-state index is 12.1. The lowest BCUT2D eigenvalue weighted by atomic mass is 10.3. The molecule has 8 heteroatoms. The maximum absolute atomic E-state index is 12.1. The zero-order valence-corrected chi connectivity index (χ0v) is 13.9. The highest BCUT2D eigenvalue weighted by molar-refractivity contribution is 7.86. The molecule has 0 fully saturated rings. The van der Waals surface area contributed by atoms with E-state index in [1.165, 1.54) is 14.1 Å². The van der Waals surface area contributed by atoms with Crippen LogP contribution in [0.4, 0.5) is 5.69 Å². The number of anilines is 1. The number of hydrogen-bond acceptors (Lipinski definition) is 3. The zero-order valence-electron chi connectivity index (χ0n) is 12.3. The van der Waals surface area contributed by atoms with Crippen LogP contribution in [0.15, 0.2) is 24.3 Å². The summed E-state index contributed by atoms with van der Waals surface area (Å²) >= 11 is 5.76. The van der Waals surface area contributed by atoms with Crippen molar-refractivity contribution >= 4 is 33.4 Å². The molecular weight excluding hydrogens is 314 g/mol. The van der Waals surface area contributed by atoms with Crippen LogP contribution in [0.25, 0.3) is 0 Å². The van der Waals surface area contributed by atoms with Gasteiger partial charge in [0.25, 0.3) is 10.2 Å². The van der Waals surface area contributed by atoms with Gasteiger partial charge >= 0.3 is 0 Å². The van der Waals surface area contributed by atoms with E-state index in [9.17, 15) is 13.2 Å². The molecular formula is C13H20ClN3O3S. The Morgan fingerprint density at radius 1 is 1.24 bits per heavy atom. The predicted molar refractivity (Wildman–Crippen MR) is 84.6 cm³/mol. The van der Waals surface area contributed by atoms with Crippen LogP contribution in [-0.4, -0.2) is 50.1 Å². The predicted octanol–water partition coefficient (Wildman–Crippen LogP) is 1.80. The van der Waals surface area contributed by atoms with Gasteiger partial charge in [-0.2, -0.15) is 17.0 Å². The molecule has 0 atom stereocenters. The second-order valence-electron chi connectivity index (χ2n) is 4.68. The largest absolute Gasteiger partial charge is 0.325 e. The van der Waals surface area contributed by atoms with Crippen LogP contribution in [0.2, 0.25) is 5.02 Å². The summed E-state index contributed by atoms with van der Waals surface area (Å²) in [5.41, 5.74) is 0.572. The molecule has 1 aromatic rings. The molecule has 1 rings (SSSR count). The zero-order chi connectivity index (χ0) is 16.0. The monoisotopic (exact) mass is 333 g/mol. The summed E-state index contributed by atoms with van der Waals surface area (Å²) in [6.07, 6.45) is 0.626. The number of hydrogen-bond donors (Lipinski definition) is 1. The van der Waals surface area contributed by atoms with Crippen LogP contribution >= 0.6 is 11.6 Å². The molecule has 0 radical (unpaired) electrons. The molecule has 0 unspecified atom stereocenters. The van der Waals surface area contributed by atoms with E-state index in [0.717, 1.165) is 8.61 Å². The number of nitrogens with one attached hydrogen (secondary N) is 1. The SMILES string of the molecule is CCCN(CC(=O)Nc1ccc(Cl)cc1)S(=O)(=O)N(C)C. The van der Waals surface area contributed by atoms with Crippen molar-refractivity contribution in [3.05, 3.63) is 29.3 Å². The fourth-order valence-corrected chi connectivity index (χ4v) is 2.93. The van der Waals surface area contributed by atoms with Crippen molar-refractivity contribution in [1.82, 2.24) is 8.61 Å². The van der Waals surface area contributed by atoms with E-state index in [-0.39, 0.29) is 13.1 Å². The van der Waals surface area contributed by atoms with Crippen molar-refractivity contribution in [3.63, 3.8) is 0 Å². The molecule has 0 aromatic heterocycles. The van der Waals surface area contributed by atoms with E-state index < -0.39 is 16.1 Å². The lowest BCUT2D eigenvalue weighted by Crippen LogP contribution is -2.44. The summed E-state index contributed by atoms with van der Waals surface area (Å²) in [5, 5.41) is 3.21. The number of carbonyl (C=O) groups excluding carboxylic acids is 1. The summed E-state index contributed by atoms with van der Waals surface area (Å²) < 4.78 is 26.5. The lowest BCUT2D eigenvalue weighted by Gasteiger charge is -2.24. The topological polar surface area (TPSA) is 69.7 Å². The molecule has 0 saturated heterocycles. The minimum atomic E-state index is -3.61. The third kappa shape index (κ3) is 5.28. The molecule has 0 aliphatic heterocycles. The lowest BCUT2D eigenvalue weighted by molar-refractivity contribution is -0.116. The third-order valence-corrected chi connectivity index (χ3v) is 4.85. The second-order valence-corrected chi connectivity index (χ2v) is 7.26. The van der Waals surface area contributed by atoms with Crippen LogP contribution < -0.4 is 5.32 Å². The normalized spacial score (nSPS) is 11.9. The number of carbonyl (C=O) groups is 1. The average Bonchev–Trinajstić information content (AvgIpc) is 2.40. The van der Waals surface area contributed by atoms with E-state index in [2.05, 4.69) is 5.32 Å². The van der Waals surface area contributed by atoms with Crippen LogP contribution in [-0.2, 0) is 15.0 Å². The highest BCUT2D eigenvalue weighted by Crippen LogP contribution is 2.13. The third-order valence-electron chi connectivity index (χ3n) is 2.71. The molecule has 0 bridgehead atoms. The van der Waals surface area contributed by atoms with Crippen molar-refractivity contribution in [2.75, 3.05) is 32.5 Å². The van der Waals surface area contributed by atoms with Gasteiger partial charge in [0.1, 0.15) is 0 Å². The Balaban J connectivity index is 2.75. The molecule has 0 spiro atoms. The fourth-order valence-electron chi connectivity index (χ4n) is 1.65. The first-order chi connectivity index (χ1) is 9.77. The summed E-state index contributed by atoms with van der Waals surface area (Å²) in [4.78, 5) is 12.0. The molecule has 6 nitrogen and oxygen atoms in total. The molecule has 0 aliphatic carbocycles. The van der Waals surface area contributed by atoms with Crippen molar-refractivity contribution in [1.29, 1.82) is 0 Å². The average molecular weight is 334 g/mol. The van der Waals surface area contributed by atoms with Crippen molar-refractivity contribution in [2.45, 2.75) is 13.3 Å². The van der Waals surface area contributed by atoms with Gasteiger partial charge < -0.3 is 5.32 Å². The van der Waals surface area contributed by atoms with E-state index >= 15 is 0 Å². The Morgan fingerprint density at radius 2 is 1.81 bits per heavy atom. The van der Waals surface area contributed by atoms with E-state index in [4.69, 9.17) is 11.6 Å². The second kappa shape index (κ2) is 7.74. The van der Waals surface area contributed by atoms with E-state index in [0.29, 0.717) is 17.1 Å². The van der Waals surface area contributed by atoms with Crippen molar-refractivity contribution in [3.8, 4) is 0 Å². The van der Waals surface area contributed by atoms with Gasteiger partial charge in [-0.15, -0.1) is 0 Å². The number of rotatable bonds is 7. The Morgan fingerprint density at radius 3 is 2.29 bits per heavy atom. The summed E-state index contributed by atoms with van der Waals surface area (Å²) in [5.74, 6) is -0.392. The Labute approximate surface area is 130 Å². The van der Waals surface area contributed by atoms with Crippen molar-refractivity contribution in [2.24, 2.45) is 0 Å². The molecule has 1 N–H and O–H groups in total. The minimum absolute atomic E-state index is 0.225. The van der Waals surface area contributed by atoms with E-state index in [1.807, 2.05) is 6.92 Å². The van der Waals surface area contributed by atoms with Gasteiger partial charge in [-0.25, -0.2) is 0 Å². The number of amides is 1. The van der Waals surface area contributed by atoms with Crippen molar-refractivity contribution < 1.29 is 13.2 Å². The highest BCUT2D eigenvalue weighted by Gasteiger charge is 2.25. The first-order valence-electron chi connectivity index (χ1n) is 6.50. The summed E-state index contributed by atoms with van der Waals surface area (Å²) in [6.45, 7) is 1.92. The molecule has 118 valence electrons. The van der Waals surface area contributed by atoms with Crippen LogP contribution in [0.5, 0.6) is 0 Å². The van der Waals surface area contributed by atoms with Gasteiger partial charge in [0, 0.05) is 31.4 Å². The number of halogens is 1. The molecule has 1 aromatic carbocycles. The van der Waals surface area contributed by atoms with Crippen LogP contribution in [0, 0.1) is 0 Å². The quantitative estimate of drug-likeness (QED) is 0.827. The van der Waals surface area contributed by atoms with Gasteiger partial charge in [-0.3, -0.25) is 4.79 Å². The number of nitrogens with zero attached hydrogens (tertiary/aromatic N) is 2. The Hall–Kier alpha value is -1.15. The smallest absolute Gasteiger partial charge is 0.281 e. The Bertz CT molecular complexity index is 573. The van der Waals surface area contributed by atoms with Gasteiger partial charge in [-0.1, -0.05) is 18.5 Å². The maximum Gasteiger partial charge on any atom is 0.281 e. The Kier molecular flexibility index (Phi) is 6.60. The number of benzene rings is 1. The van der Waals surface area contributed by atoms with Crippen LogP contribution in [0.1, 0.15) is 13.3 Å². The summed E-state index contributed by atoms with van der Waals surface area (Å²) in [6, 6.07) is 6.62. The first-order valence-corrected chi connectivity index (χ1v) is 8.28. The highest BCUT2D eigenvalue weighted by atomic mass is 35.5. The van der Waals surface area contributed by atoms with Gasteiger partial charge in [0.2, 0.25) is 5.91 Å². The molecule has 0 saturated carbocycles. The standard InChI is InChI=1S/C13H20ClN3O3S/c1-4-9-17(21(19,20)16(2)3)10-13(18)15-12-7-5-11(14)6-8-12/h5-8H,4,9-10H2,1-3H3,(H,15,18). The van der Waals surface area contributed by atoms with Gasteiger partial charge in [-0.05, 0) is 30.7 Å². The fraction of sp³-hybridized carbons (Fsp3) is 0.462. The van der Waals surface area contributed by atoms with Crippen LogP contribution in [0.3, 0.4) is 0 Å². The molecule has 0 heterocycles.